The highest BCUT2D eigenvalue weighted by molar-refractivity contribution is 7.99. The molecule has 0 atom stereocenters. The van der Waals surface area contributed by atoms with Crippen LogP contribution in [0.3, 0.4) is 0 Å². The van der Waals surface area contributed by atoms with Crippen LogP contribution in [-0.2, 0) is 11.3 Å². The summed E-state index contributed by atoms with van der Waals surface area (Å²) in [5.74, 6) is -2.63. The molecule has 2 aromatic heterocycles. The lowest BCUT2D eigenvalue weighted by Crippen LogP contribution is -2.21. The highest BCUT2D eigenvalue weighted by Crippen LogP contribution is 2.51. The minimum atomic E-state index is -1.35. The molecule has 11 heteroatoms. The number of carbonyl (C=O) groups is 2. The number of hydrogen-bond donors (Lipinski definition) is 1. The van der Waals surface area contributed by atoms with E-state index in [0.717, 1.165) is 30.3 Å². The number of amides is 1. The molecule has 0 aliphatic heterocycles. The molecule has 5 rings (SSSR count). The van der Waals surface area contributed by atoms with Crippen molar-refractivity contribution in [2.75, 3.05) is 14.1 Å². The summed E-state index contributed by atoms with van der Waals surface area (Å²) in [5.41, 5.74) is 1.28. The molecule has 0 spiro atoms. The molecular weight excluding hydrogens is 534 g/mol. The van der Waals surface area contributed by atoms with Crippen molar-refractivity contribution in [3.8, 4) is 5.69 Å². The molecule has 0 unspecified atom stereocenters. The summed E-state index contributed by atoms with van der Waals surface area (Å²) < 4.78 is 34.2. The van der Waals surface area contributed by atoms with E-state index in [1.807, 2.05) is 0 Å². The van der Waals surface area contributed by atoms with Crippen LogP contribution < -0.4 is 0 Å². The SMILES string of the molecule is CN(C)C(=O)CCCn1cc(-n2c(C3CC3)c(Sc3cccc(C(=O)O)c3F)c3ccc(Cl)c(F)c32)cn1. The number of aryl methyl sites for hydroxylation is 1. The van der Waals surface area contributed by atoms with Crippen molar-refractivity contribution in [1.29, 1.82) is 0 Å². The molecule has 0 bridgehead atoms. The fourth-order valence-electron chi connectivity index (χ4n) is 4.47. The van der Waals surface area contributed by atoms with E-state index in [2.05, 4.69) is 5.10 Å². The molecule has 7 nitrogen and oxygen atoms in total. The minimum absolute atomic E-state index is 0.0300. The van der Waals surface area contributed by atoms with Crippen molar-refractivity contribution < 1.29 is 23.5 Å². The molecule has 198 valence electrons. The number of aromatic nitrogens is 3. The summed E-state index contributed by atoms with van der Waals surface area (Å²) in [7, 11) is 3.42. The molecule has 1 aliphatic carbocycles. The van der Waals surface area contributed by atoms with E-state index in [4.69, 9.17) is 11.6 Å². The Morgan fingerprint density at radius 1 is 1.18 bits per heavy atom. The number of rotatable bonds is 9. The predicted molar refractivity (Wildman–Crippen MR) is 141 cm³/mol. The van der Waals surface area contributed by atoms with Gasteiger partial charge >= 0.3 is 5.97 Å². The van der Waals surface area contributed by atoms with Gasteiger partial charge in [0.05, 0.1) is 28.0 Å². The molecule has 1 amide bonds. The Morgan fingerprint density at radius 2 is 1.95 bits per heavy atom. The summed E-state index contributed by atoms with van der Waals surface area (Å²) in [5, 5.41) is 14.3. The smallest absolute Gasteiger partial charge is 0.338 e. The van der Waals surface area contributed by atoms with Crippen LogP contribution in [0, 0.1) is 11.6 Å². The van der Waals surface area contributed by atoms with Crippen LogP contribution in [0.15, 0.2) is 52.5 Å². The summed E-state index contributed by atoms with van der Waals surface area (Å²) in [6, 6.07) is 7.41. The highest BCUT2D eigenvalue weighted by atomic mass is 35.5. The molecule has 1 N–H and O–H groups in total. The van der Waals surface area contributed by atoms with Gasteiger partial charge in [0.2, 0.25) is 5.91 Å². The number of hydrogen-bond acceptors (Lipinski definition) is 4. The average molecular weight is 559 g/mol. The zero-order chi connectivity index (χ0) is 27.1. The largest absolute Gasteiger partial charge is 0.478 e. The summed E-state index contributed by atoms with van der Waals surface area (Å²) in [4.78, 5) is 25.8. The first-order chi connectivity index (χ1) is 18.2. The zero-order valence-electron chi connectivity index (χ0n) is 20.7. The minimum Gasteiger partial charge on any atom is -0.478 e. The predicted octanol–water partition coefficient (Wildman–Crippen LogP) is 6.35. The normalized spacial score (nSPS) is 13.3. The summed E-state index contributed by atoms with van der Waals surface area (Å²) in [6.45, 7) is 0.510. The number of aromatic carboxylic acids is 1. The van der Waals surface area contributed by atoms with Crippen LogP contribution in [0.1, 0.15) is 47.7 Å². The second kappa shape index (κ2) is 10.4. The summed E-state index contributed by atoms with van der Waals surface area (Å²) >= 11 is 7.29. The van der Waals surface area contributed by atoms with Crippen LogP contribution in [0.2, 0.25) is 5.02 Å². The maximum absolute atomic E-state index is 15.6. The van der Waals surface area contributed by atoms with Gasteiger partial charge in [-0.25, -0.2) is 13.6 Å². The van der Waals surface area contributed by atoms with E-state index in [0.29, 0.717) is 35.4 Å². The van der Waals surface area contributed by atoms with E-state index in [1.54, 1.807) is 46.7 Å². The molecule has 0 saturated heterocycles. The van der Waals surface area contributed by atoms with Gasteiger partial charge in [0.1, 0.15) is 0 Å². The molecule has 1 saturated carbocycles. The lowest BCUT2D eigenvalue weighted by Gasteiger charge is -2.11. The van der Waals surface area contributed by atoms with Gasteiger partial charge in [-0.3, -0.25) is 9.48 Å². The van der Waals surface area contributed by atoms with Crippen molar-refractivity contribution in [3.63, 3.8) is 0 Å². The number of benzene rings is 2. The van der Waals surface area contributed by atoms with E-state index in [9.17, 15) is 14.7 Å². The molecule has 2 aromatic carbocycles. The molecule has 1 fully saturated rings. The Labute approximate surface area is 227 Å². The van der Waals surface area contributed by atoms with Crippen LogP contribution in [0.25, 0.3) is 16.6 Å². The average Bonchev–Trinajstić information content (AvgIpc) is 3.52. The lowest BCUT2D eigenvalue weighted by molar-refractivity contribution is -0.128. The van der Waals surface area contributed by atoms with Crippen LogP contribution in [-0.4, -0.2) is 50.3 Å². The van der Waals surface area contributed by atoms with E-state index in [1.165, 1.54) is 24.3 Å². The van der Waals surface area contributed by atoms with E-state index in [-0.39, 0.29) is 27.3 Å². The van der Waals surface area contributed by atoms with Gasteiger partial charge in [0.15, 0.2) is 11.6 Å². The standard InChI is InChI=1S/C27H25ClF2N4O3S/c1-32(2)21(35)7-4-12-33-14-16(13-31-33)34-24(15-8-9-15)26(18-10-11-19(28)23(30)25(18)34)38-20-6-3-5-17(22(20)29)27(36)37/h3,5-6,10-11,13-15H,4,7-9,12H2,1-2H3,(H,36,37). The Balaban J connectivity index is 1.60. The molecule has 2 heterocycles. The third-order valence-corrected chi connectivity index (χ3v) is 8.00. The summed E-state index contributed by atoms with van der Waals surface area (Å²) in [6.07, 6.45) is 6.19. The van der Waals surface area contributed by atoms with Crippen molar-refractivity contribution >= 4 is 46.1 Å². The first-order valence-electron chi connectivity index (χ1n) is 12.1. The fraction of sp³-hybridized carbons (Fsp3) is 0.296. The van der Waals surface area contributed by atoms with E-state index < -0.39 is 23.2 Å². The third kappa shape index (κ3) is 4.90. The third-order valence-electron chi connectivity index (χ3n) is 6.54. The highest BCUT2D eigenvalue weighted by Gasteiger charge is 2.35. The van der Waals surface area contributed by atoms with Gasteiger partial charge in [-0.15, -0.1) is 0 Å². The van der Waals surface area contributed by atoms with Gasteiger partial charge in [-0.1, -0.05) is 29.4 Å². The Bertz CT molecular complexity index is 1560. The zero-order valence-corrected chi connectivity index (χ0v) is 22.3. The number of halogens is 3. The van der Waals surface area contributed by atoms with Gasteiger partial charge in [-0.05, 0) is 43.5 Å². The maximum atomic E-state index is 15.6. The Kier molecular flexibility index (Phi) is 7.19. The van der Waals surface area contributed by atoms with Crippen LogP contribution >= 0.6 is 23.4 Å². The number of nitrogens with zero attached hydrogens (tertiary/aromatic N) is 4. The molecule has 1 aliphatic rings. The molecular formula is C27H25ClF2N4O3S. The second-order valence-corrected chi connectivity index (χ2v) is 10.9. The second-order valence-electron chi connectivity index (χ2n) is 9.46. The van der Waals surface area contributed by atoms with Gasteiger partial charge in [0.25, 0.3) is 0 Å². The number of carboxylic acid groups (broad SMARTS) is 1. The van der Waals surface area contributed by atoms with Gasteiger partial charge in [-0.2, -0.15) is 5.10 Å². The Morgan fingerprint density at radius 3 is 2.63 bits per heavy atom. The van der Waals surface area contributed by atoms with Gasteiger partial charge in [0, 0.05) is 60.0 Å². The lowest BCUT2D eigenvalue weighted by atomic mass is 10.2. The van der Waals surface area contributed by atoms with Crippen molar-refractivity contribution in [2.24, 2.45) is 0 Å². The molecule has 4 aromatic rings. The van der Waals surface area contributed by atoms with Crippen molar-refractivity contribution in [1.82, 2.24) is 19.2 Å². The number of fused-ring (bicyclic) bond motifs is 1. The first kappa shape index (κ1) is 26.2. The quantitative estimate of drug-likeness (QED) is 0.259. The molecule has 38 heavy (non-hydrogen) atoms. The topological polar surface area (TPSA) is 80.4 Å². The maximum Gasteiger partial charge on any atom is 0.338 e. The fourth-order valence-corrected chi connectivity index (χ4v) is 5.83. The van der Waals surface area contributed by atoms with Crippen molar-refractivity contribution in [2.45, 2.75) is 47.9 Å². The van der Waals surface area contributed by atoms with E-state index >= 15 is 8.78 Å². The first-order valence-corrected chi connectivity index (χ1v) is 13.3. The van der Waals surface area contributed by atoms with Crippen LogP contribution in [0.4, 0.5) is 8.78 Å². The number of carboxylic acids is 1. The van der Waals surface area contributed by atoms with Crippen molar-refractivity contribution in [3.05, 3.63) is 70.6 Å². The molecule has 0 radical (unpaired) electrons. The monoisotopic (exact) mass is 558 g/mol. The van der Waals surface area contributed by atoms with Crippen LogP contribution in [0.5, 0.6) is 0 Å². The van der Waals surface area contributed by atoms with Gasteiger partial charge < -0.3 is 14.6 Å². The number of carbonyl (C=O) groups excluding carboxylic acids is 1. The Hall–Kier alpha value is -3.37.